The minimum Gasteiger partial charge on any atom is -0.497 e. The largest absolute Gasteiger partial charge is 0.497 e. The van der Waals surface area contributed by atoms with E-state index in [0.717, 1.165) is 50.2 Å². The third-order valence-corrected chi connectivity index (χ3v) is 6.77. The molecule has 1 aliphatic rings. The van der Waals surface area contributed by atoms with Crippen LogP contribution in [0.5, 0.6) is 5.75 Å². The number of ether oxygens (including phenoxy) is 1. The smallest absolute Gasteiger partial charge is 0.274 e. The summed E-state index contributed by atoms with van der Waals surface area (Å²) in [6, 6.07) is 23.8. The van der Waals surface area contributed by atoms with E-state index < -0.39 is 5.91 Å². The summed E-state index contributed by atoms with van der Waals surface area (Å²) in [6.45, 7) is 2.57. The number of imide groups is 1. The molecule has 5 rings (SSSR count). The predicted molar refractivity (Wildman–Crippen MR) is 141 cm³/mol. The number of nitrogens with one attached hydrogen (secondary N) is 2. The van der Waals surface area contributed by atoms with Gasteiger partial charge < -0.3 is 14.6 Å². The Labute approximate surface area is 210 Å². The predicted octanol–water partition coefficient (Wildman–Crippen LogP) is 4.97. The number of rotatable bonds is 6. The third kappa shape index (κ3) is 4.38. The zero-order chi connectivity index (χ0) is 25.2. The molecule has 182 valence electrons. The maximum Gasteiger partial charge on any atom is 0.274 e. The van der Waals surface area contributed by atoms with Gasteiger partial charge in [-0.1, -0.05) is 54.6 Å². The lowest BCUT2D eigenvalue weighted by molar-refractivity contribution is -0.129. The Bertz CT molecular complexity index is 1480. The highest BCUT2D eigenvalue weighted by Crippen LogP contribution is 2.37. The van der Waals surface area contributed by atoms with E-state index in [1.54, 1.807) is 7.11 Å². The van der Waals surface area contributed by atoms with Gasteiger partial charge in [0, 0.05) is 42.2 Å². The maximum absolute atomic E-state index is 13.5. The molecule has 1 aromatic heterocycles. The summed E-state index contributed by atoms with van der Waals surface area (Å²) in [5.74, 6) is 0.0246. The van der Waals surface area contributed by atoms with Crippen molar-refractivity contribution in [2.75, 3.05) is 14.2 Å². The van der Waals surface area contributed by atoms with Crippen molar-refractivity contribution in [2.24, 2.45) is 0 Å². The topological polar surface area (TPSA) is 74.4 Å². The monoisotopic (exact) mass is 479 g/mol. The van der Waals surface area contributed by atoms with Crippen molar-refractivity contribution in [2.45, 2.75) is 26.3 Å². The molecule has 0 saturated carbocycles. The SMILES string of the molecule is COc1ccc2c(c1)C(c1ccccc1)=C(C(=O)NC(=O)CCc1c(C)[nH]c3ccccc13)N(C)C2. The number of carbonyl (C=O) groups is 2. The van der Waals surface area contributed by atoms with E-state index in [0.29, 0.717) is 18.7 Å². The van der Waals surface area contributed by atoms with Crippen molar-refractivity contribution in [3.05, 3.63) is 106 Å². The van der Waals surface area contributed by atoms with Gasteiger partial charge in [0.05, 0.1) is 7.11 Å². The van der Waals surface area contributed by atoms with E-state index >= 15 is 0 Å². The molecule has 0 unspecified atom stereocenters. The standard InChI is InChI=1S/C30H29N3O3/c1-19-23(24-11-7-8-12-26(24)31-19)15-16-27(34)32-30(35)29-28(20-9-5-4-6-10-20)25-17-22(36-3)14-13-21(25)18-33(29)2/h4-14,17,31H,15-16,18H2,1-3H3,(H,32,34,35). The Morgan fingerprint density at radius 2 is 1.78 bits per heavy atom. The summed E-state index contributed by atoms with van der Waals surface area (Å²) in [7, 11) is 3.51. The van der Waals surface area contributed by atoms with Gasteiger partial charge in [0.15, 0.2) is 0 Å². The molecule has 6 heteroatoms. The second-order valence-electron chi connectivity index (χ2n) is 9.12. The van der Waals surface area contributed by atoms with E-state index in [-0.39, 0.29) is 12.3 Å². The van der Waals surface area contributed by atoms with E-state index in [1.807, 2.05) is 85.6 Å². The number of likely N-dealkylation sites (N-methyl/N-ethyl adjacent to an activating group) is 1. The highest BCUT2D eigenvalue weighted by atomic mass is 16.5. The fourth-order valence-corrected chi connectivity index (χ4v) is 5.03. The molecule has 0 bridgehead atoms. The van der Waals surface area contributed by atoms with Gasteiger partial charge in [-0.2, -0.15) is 0 Å². The molecule has 0 atom stereocenters. The number of aromatic nitrogens is 1. The first-order chi connectivity index (χ1) is 17.5. The molecule has 2 heterocycles. The van der Waals surface area contributed by atoms with Crippen LogP contribution in [0.4, 0.5) is 0 Å². The van der Waals surface area contributed by atoms with Crippen molar-refractivity contribution in [1.82, 2.24) is 15.2 Å². The van der Waals surface area contributed by atoms with Crippen LogP contribution >= 0.6 is 0 Å². The number of carbonyl (C=O) groups excluding carboxylic acids is 2. The van der Waals surface area contributed by atoms with Gasteiger partial charge in [-0.3, -0.25) is 14.9 Å². The van der Waals surface area contributed by atoms with Crippen LogP contribution in [0.15, 0.2) is 78.5 Å². The number of hydrogen-bond acceptors (Lipinski definition) is 4. The number of benzene rings is 3. The van der Waals surface area contributed by atoms with Crippen molar-refractivity contribution in [1.29, 1.82) is 0 Å². The van der Waals surface area contributed by atoms with Crippen molar-refractivity contribution >= 4 is 28.3 Å². The summed E-state index contributed by atoms with van der Waals surface area (Å²) in [5, 5.41) is 3.76. The first kappa shape index (κ1) is 23.4. The van der Waals surface area contributed by atoms with Gasteiger partial charge in [-0.15, -0.1) is 0 Å². The summed E-state index contributed by atoms with van der Waals surface area (Å²) in [5.41, 5.74) is 7.40. The molecule has 36 heavy (non-hydrogen) atoms. The normalized spacial score (nSPS) is 13.0. The minimum atomic E-state index is -0.398. The lowest BCUT2D eigenvalue weighted by Gasteiger charge is -2.32. The second-order valence-corrected chi connectivity index (χ2v) is 9.12. The van der Waals surface area contributed by atoms with Crippen LogP contribution in [-0.4, -0.2) is 35.9 Å². The lowest BCUT2D eigenvalue weighted by atomic mass is 9.88. The number of aryl methyl sites for hydroxylation is 2. The molecule has 2 amide bonds. The number of hydrogen-bond donors (Lipinski definition) is 2. The van der Waals surface area contributed by atoms with Crippen LogP contribution in [0.1, 0.15) is 34.4 Å². The van der Waals surface area contributed by atoms with Crippen molar-refractivity contribution in [3.8, 4) is 5.75 Å². The summed E-state index contributed by atoms with van der Waals surface area (Å²) >= 11 is 0. The van der Waals surface area contributed by atoms with E-state index in [1.165, 1.54) is 0 Å². The summed E-state index contributed by atoms with van der Waals surface area (Å²) in [4.78, 5) is 31.7. The van der Waals surface area contributed by atoms with E-state index in [2.05, 4.69) is 16.4 Å². The quantitative estimate of drug-likeness (QED) is 0.410. The highest BCUT2D eigenvalue weighted by molar-refractivity contribution is 6.10. The minimum absolute atomic E-state index is 0.219. The van der Waals surface area contributed by atoms with E-state index in [9.17, 15) is 9.59 Å². The van der Waals surface area contributed by atoms with Gasteiger partial charge in [0.1, 0.15) is 11.4 Å². The van der Waals surface area contributed by atoms with Gasteiger partial charge in [0.25, 0.3) is 5.91 Å². The molecule has 6 nitrogen and oxygen atoms in total. The van der Waals surface area contributed by atoms with Gasteiger partial charge in [0.2, 0.25) is 5.91 Å². The Hall–Kier alpha value is -4.32. The van der Waals surface area contributed by atoms with Crippen molar-refractivity contribution < 1.29 is 14.3 Å². The average molecular weight is 480 g/mol. The zero-order valence-electron chi connectivity index (χ0n) is 20.7. The van der Waals surface area contributed by atoms with E-state index in [4.69, 9.17) is 4.74 Å². The number of H-pyrrole nitrogens is 1. The van der Waals surface area contributed by atoms with Gasteiger partial charge >= 0.3 is 0 Å². The molecule has 0 fully saturated rings. The average Bonchev–Trinajstić information content (AvgIpc) is 3.21. The first-order valence-electron chi connectivity index (χ1n) is 12.0. The number of para-hydroxylation sites is 1. The molecule has 1 aliphatic heterocycles. The van der Waals surface area contributed by atoms with Crippen LogP contribution in [0, 0.1) is 6.92 Å². The Kier molecular flexibility index (Phi) is 6.34. The molecule has 0 spiro atoms. The lowest BCUT2D eigenvalue weighted by Crippen LogP contribution is -2.39. The number of aromatic amines is 1. The molecule has 0 aliphatic carbocycles. The Balaban J connectivity index is 1.44. The number of amides is 2. The van der Waals surface area contributed by atoms with Crippen LogP contribution in [-0.2, 0) is 22.6 Å². The number of nitrogens with zero attached hydrogens (tertiary/aromatic N) is 1. The fourth-order valence-electron chi connectivity index (χ4n) is 5.03. The maximum atomic E-state index is 13.5. The van der Waals surface area contributed by atoms with Gasteiger partial charge in [-0.05, 0) is 53.8 Å². The number of methoxy groups -OCH3 is 1. The third-order valence-electron chi connectivity index (χ3n) is 6.77. The van der Waals surface area contributed by atoms with Crippen LogP contribution < -0.4 is 10.1 Å². The molecular weight excluding hydrogens is 450 g/mol. The summed E-state index contributed by atoms with van der Waals surface area (Å²) in [6.07, 6.45) is 0.770. The Morgan fingerprint density at radius 3 is 2.56 bits per heavy atom. The second kappa shape index (κ2) is 9.74. The van der Waals surface area contributed by atoms with Crippen LogP contribution in [0.3, 0.4) is 0 Å². The molecule has 2 N–H and O–H groups in total. The van der Waals surface area contributed by atoms with Crippen LogP contribution in [0.2, 0.25) is 0 Å². The highest BCUT2D eigenvalue weighted by Gasteiger charge is 2.29. The van der Waals surface area contributed by atoms with Gasteiger partial charge in [-0.25, -0.2) is 0 Å². The molecule has 0 radical (unpaired) electrons. The van der Waals surface area contributed by atoms with Crippen molar-refractivity contribution in [3.63, 3.8) is 0 Å². The molecule has 0 saturated heterocycles. The summed E-state index contributed by atoms with van der Waals surface area (Å²) < 4.78 is 5.47. The number of fused-ring (bicyclic) bond motifs is 2. The molecule has 3 aromatic carbocycles. The molecular formula is C30H29N3O3. The molecule has 4 aromatic rings. The first-order valence-corrected chi connectivity index (χ1v) is 12.0. The fraction of sp³-hybridized carbons (Fsp3) is 0.200. The zero-order valence-corrected chi connectivity index (χ0v) is 20.7. The van der Waals surface area contributed by atoms with Crippen LogP contribution in [0.25, 0.3) is 16.5 Å². The Morgan fingerprint density at radius 1 is 1.03 bits per heavy atom.